The maximum absolute atomic E-state index is 13.0. The summed E-state index contributed by atoms with van der Waals surface area (Å²) in [5.41, 5.74) is 3.55. The smallest absolute Gasteiger partial charge is 0.225 e. The number of amides is 1. The highest BCUT2D eigenvalue weighted by atomic mass is 16.5. The normalized spacial score (nSPS) is 17.5. The summed E-state index contributed by atoms with van der Waals surface area (Å²) in [6.45, 7) is 7.52. The van der Waals surface area contributed by atoms with E-state index >= 15 is 0 Å². The first-order chi connectivity index (χ1) is 15.6. The number of hydrogen-bond acceptors (Lipinski definition) is 5. The fourth-order valence-electron chi connectivity index (χ4n) is 5.10. The fourth-order valence-corrected chi connectivity index (χ4v) is 5.10. The Labute approximate surface area is 192 Å². The van der Waals surface area contributed by atoms with Gasteiger partial charge in [0.25, 0.3) is 0 Å². The SMILES string of the molecule is CCc1nc(C)nc(N2CCCN(C(=O)C3CCCC3)CC2)c1Cc1ccc(OC)cc1. The van der Waals surface area contributed by atoms with Gasteiger partial charge in [0.15, 0.2) is 0 Å². The molecule has 4 rings (SSSR count). The predicted molar refractivity (Wildman–Crippen MR) is 127 cm³/mol. The van der Waals surface area contributed by atoms with Gasteiger partial charge in [-0.15, -0.1) is 0 Å². The molecule has 1 aromatic carbocycles. The van der Waals surface area contributed by atoms with Crippen molar-refractivity contribution in [1.29, 1.82) is 0 Å². The van der Waals surface area contributed by atoms with Crippen LogP contribution in [0.3, 0.4) is 0 Å². The molecule has 1 amide bonds. The Kier molecular flexibility index (Phi) is 7.28. The topological polar surface area (TPSA) is 58.6 Å². The maximum atomic E-state index is 13.0. The van der Waals surface area contributed by atoms with E-state index in [-0.39, 0.29) is 5.92 Å². The summed E-state index contributed by atoms with van der Waals surface area (Å²) in [6.07, 6.45) is 7.18. The number of rotatable bonds is 6. The standard InChI is InChI=1S/C26H36N4O2/c1-4-24-23(18-20-10-12-22(32-3)13-11-20)25(28-19(2)27-24)29-14-7-15-30(17-16-29)26(31)21-8-5-6-9-21/h10-13,21H,4-9,14-18H2,1-3H3. The van der Waals surface area contributed by atoms with Crippen molar-refractivity contribution in [3.8, 4) is 5.75 Å². The molecule has 0 N–H and O–H groups in total. The number of hydrogen-bond donors (Lipinski definition) is 0. The number of ether oxygens (including phenoxy) is 1. The van der Waals surface area contributed by atoms with E-state index < -0.39 is 0 Å². The minimum absolute atomic E-state index is 0.250. The third kappa shape index (κ3) is 5.05. The van der Waals surface area contributed by atoms with Crippen LogP contribution in [-0.4, -0.2) is 54.1 Å². The maximum Gasteiger partial charge on any atom is 0.225 e. The van der Waals surface area contributed by atoms with E-state index in [1.54, 1.807) is 7.11 Å². The second kappa shape index (κ2) is 10.3. The Morgan fingerprint density at radius 2 is 1.78 bits per heavy atom. The van der Waals surface area contributed by atoms with Gasteiger partial charge >= 0.3 is 0 Å². The lowest BCUT2D eigenvalue weighted by molar-refractivity contribution is -0.135. The number of nitrogens with zero attached hydrogens (tertiary/aromatic N) is 4. The third-order valence-electron chi connectivity index (χ3n) is 6.87. The minimum atomic E-state index is 0.250. The average molecular weight is 437 g/mol. The molecule has 0 radical (unpaired) electrons. The molecule has 1 aliphatic carbocycles. The summed E-state index contributed by atoms with van der Waals surface area (Å²) in [5, 5.41) is 0. The first-order valence-corrected chi connectivity index (χ1v) is 12.1. The number of aromatic nitrogens is 2. The lowest BCUT2D eigenvalue weighted by Gasteiger charge is -2.27. The Balaban J connectivity index is 1.56. The van der Waals surface area contributed by atoms with Gasteiger partial charge in [-0.25, -0.2) is 9.97 Å². The third-order valence-corrected chi connectivity index (χ3v) is 6.87. The highest BCUT2D eigenvalue weighted by molar-refractivity contribution is 5.79. The molecule has 2 heterocycles. The highest BCUT2D eigenvalue weighted by Gasteiger charge is 2.29. The van der Waals surface area contributed by atoms with Crippen molar-refractivity contribution in [2.75, 3.05) is 38.2 Å². The quantitative estimate of drug-likeness (QED) is 0.680. The van der Waals surface area contributed by atoms with Crippen molar-refractivity contribution in [1.82, 2.24) is 14.9 Å². The number of carbonyl (C=O) groups excluding carboxylic acids is 1. The highest BCUT2D eigenvalue weighted by Crippen LogP contribution is 2.29. The summed E-state index contributed by atoms with van der Waals surface area (Å²) in [5.74, 6) is 3.35. The van der Waals surface area contributed by atoms with E-state index in [1.165, 1.54) is 24.0 Å². The van der Waals surface area contributed by atoms with Crippen LogP contribution in [0.25, 0.3) is 0 Å². The summed E-state index contributed by atoms with van der Waals surface area (Å²) in [7, 11) is 1.69. The fraction of sp³-hybridized carbons (Fsp3) is 0.577. The number of aryl methyl sites for hydroxylation is 2. The van der Waals surface area contributed by atoms with Crippen molar-refractivity contribution in [3.63, 3.8) is 0 Å². The van der Waals surface area contributed by atoms with E-state index in [0.717, 1.165) is 81.4 Å². The Morgan fingerprint density at radius 3 is 2.47 bits per heavy atom. The molecule has 6 nitrogen and oxygen atoms in total. The van der Waals surface area contributed by atoms with Crippen LogP contribution in [0.2, 0.25) is 0 Å². The van der Waals surface area contributed by atoms with Gasteiger partial charge in [0, 0.05) is 49.8 Å². The van der Waals surface area contributed by atoms with Gasteiger partial charge in [-0.3, -0.25) is 4.79 Å². The van der Waals surface area contributed by atoms with E-state index in [4.69, 9.17) is 14.7 Å². The van der Waals surface area contributed by atoms with Gasteiger partial charge in [0.1, 0.15) is 17.4 Å². The Hall–Kier alpha value is -2.63. The van der Waals surface area contributed by atoms with Crippen molar-refractivity contribution in [2.45, 2.75) is 58.8 Å². The molecule has 2 aromatic rings. The van der Waals surface area contributed by atoms with Crippen molar-refractivity contribution < 1.29 is 9.53 Å². The van der Waals surface area contributed by atoms with Crippen molar-refractivity contribution in [3.05, 3.63) is 46.9 Å². The van der Waals surface area contributed by atoms with Crippen LogP contribution in [0.5, 0.6) is 5.75 Å². The molecule has 0 spiro atoms. The van der Waals surface area contributed by atoms with Gasteiger partial charge in [-0.05, 0) is 50.3 Å². The van der Waals surface area contributed by atoms with Crippen LogP contribution >= 0.6 is 0 Å². The molecular formula is C26H36N4O2. The zero-order chi connectivity index (χ0) is 22.5. The van der Waals surface area contributed by atoms with Gasteiger partial charge in [0.2, 0.25) is 5.91 Å². The molecule has 1 saturated carbocycles. The van der Waals surface area contributed by atoms with Crippen molar-refractivity contribution >= 4 is 11.7 Å². The molecular weight excluding hydrogens is 400 g/mol. The Morgan fingerprint density at radius 1 is 1.03 bits per heavy atom. The summed E-state index contributed by atoms with van der Waals surface area (Å²) in [6, 6.07) is 8.25. The summed E-state index contributed by atoms with van der Waals surface area (Å²) < 4.78 is 5.31. The monoisotopic (exact) mass is 436 g/mol. The largest absolute Gasteiger partial charge is 0.497 e. The van der Waals surface area contributed by atoms with E-state index in [2.05, 4.69) is 28.9 Å². The zero-order valence-electron chi connectivity index (χ0n) is 19.8. The zero-order valence-corrected chi connectivity index (χ0v) is 19.8. The first-order valence-electron chi connectivity index (χ1n) is 12.1. The number of carbonyl (C=O) groups is 1. The molecule has 0 atom stereocenters. The number of benzene rings is 1. The van der Waals surface area contributed by atoms with Crippen LogP contribution < -0.4 is 9.64 Å². The predicted octanol–water partition coefficient (Wildman–Crippen LogP) is 4.18. The number of anilines is 1. The van der Waals surface area contributed by atoms with Crippen LogP contribution in [0.1, 0.15) is 61.7 Å². The first kappa shape index (κ1) is 22.6. The van der Waals surface area contributed by atoms with E-state index in [0.29, 0.717) is 5.91 Å². The lowest BCUT2D eigenvalue weighted by atomic mass is 10.0. The van der Waals surface area contributed by atoms with Gasteiger partial charge in [0.05, 0.1) is 7.11 Å². The second-order valence-corrected chi connectivity index (χ2v) is 9.05. The Bertz CT molecular complexity index is 922. The second-order valence-electron chi connectivity index (χ2n) is 9.05. The van der Waals surface area contributed by atoms with Crippen LogP contribution in [0.4, 0.5) is 5.82 Å². The van der Waals surface area contributed by atoms with E-state index in [1.807, 2.05) is 19.1 Å². The average Bonchev–Trinajstić information content (AvgIpc) is 3.24. The summed E-state index contributed by atoms with van der Waals surface area (Å²) in [4.78, 5) is 27.2. The van der Waals surface area contributed by atoms with Gasteiger partial charge < -0.3 is 14.5 Å². The molecule has 1 aromatic heterocycles. The molecule has 2 aliphatic rings. The van der Waals surface area contributed by atoms with Crippen LogP contribution in [0.15, 0.2) is 24.3 Å². The molecule has 6 heteroatoms. The van der Waals surface area contributed by atoms with E-state index in [9.17, 15) is 4.79 Å². The van der Waals surface area contributed by atoms with Crippen molar-refractivity contribution in [2.24, 2.45) is 5.92 Å². The van der Waals surface area contributed by atoms with Crippen LogP contribution in [-0.2, 0) is 17.6 Å². The molecule has 2 fully saturated rings. The van der Waals surface area contributed by atoms with Crippen LogP contribution in [0, 0.1) is 12.8 Å². The summed E-state index contributed by atoms with van der Waals surface area (Å²) >= 11 is 0. The minimum Gasteiger partial charge on any atom is -0.497 e. The van der Waals surface area contributed by atoms with Gasteiger partial charge in [-0.1, -0.05) is 31.9 Å². The number of methoxy groups -OCH3 is 1. The van der Waals surface area contributed by atoms with Gasteiger partial charge in [-0.2, -0.15) is 0 Å². The molecule has 32 heavy (non-hydrogen) atoms. The molecule has 1 aliphatic heterocycles. The molecule has 172 valence electrons. The lowest BCUT2D eigenvalue weighted by Crippen LogP contribution is -2.38. The molecule has 0 unspecified atom stereocenters. The molecule has 0 bridgehead atoms. The molecule has 1 saturated heterocycles.